The summed E-state index contributed by atoms with van der Waals surface area (Å²) in [5.74, 6) is 0.534. The van der Waals surface area contributed by atoms with Crippen molar-refractivity contribution in [3.63, 3.8) is 0 Å². The number of nitrogens with zero attached hydrogens (tertiary/aromatic N) is 6. The number of alkyl carbamates (subject to hydrolysis) is 1. The topological polar surface area (TPSA) is 256 Å². The highest BCUT2D eigenvalue weighted by molar-refractivity contribution is 7.93. The third-order valence-electron chi connectivity index (χ3n) is 10.4. The van der Waals surface area contributed by atoms with Crippen LogP contribution in [0.1, 0.15) is 37.5 Å². The van der Waals surface area contributed by atoms with Gasteiger partial charge in [-0.2, -0.15) is 9.10 Å². The van der Waals surface area contributed by atoms with E-state index in [1.807, 2.05) is 0 Å². The molecule has 0 saturated heterocycles. The first kappa shape index (κ1) is 47.9. The predicted molar refractivity (Wildman–Crippen MR) is 250 cm³/mol. The van der Waals surface area contributed by atoms with Crippen molar-refractivity contribution in [2.24, 2.45) is 0 Å². The lowest BCUT2D eigenvalue weighted by atomic mass is 9.98. The van der Waals surface area contributed by atoms with Crippen molar-refractivity contribution in [3.8, 4) is 39.8 Å². The first-order valence-electron chi connectivity index (χ1n) is 20.8. The van der Waals surface area contributed by atoms with Gasteiger partial charge in [0, 0.05) is 25.2 Å². The van der Waals surface area contributed by atoms with Gasteiger partial charge in [-0.05, 0) is 96.8 Å². The van der Waals surface area contributed by atoms with E-state index in [-0.39, 0.29) is 42.5 Å². The molecular weight excluding hydrogens is 903 g/mol. The number of fused-ring (bicyclic) bond motifs is 1. The number of carbonyl (C=O) groups excluding carboxylic acids is 1. The molecule has 5 N–H and O–H groups in total. The number of H-pyrrole nitrogens is 1. The lowest BCUT2D eigenvalue weighted by molar-refractivity contribution is 0.0498. The number of hydrogen-bond donors (Lipinski definition) is 4. The molecule has 352 valence electrons. The zero-order valence-corrected chi connectivity index (χ0v) is 39.3. The van der Waals surface area contributed by atoms with E-state index in [1.165, 1.54) is 31.1 Å². The highest BCUT2D eigenvalue weighted by atomic mass is 32.2. The summed E-state index contributed by atoms with van der Waals surface area (Å²) in [7, 11) is -5.22. The normalized spacial score (nSPS) is 12.5. The van der Waals surface area contributed by atoms with Gasteiger partial charge < -0.3 is 40.1 Å². The Hall–Kier alpha value is -7.07. The number of tetrazole rings is 1. The van der Waals surface area contributed by atoms with Crippen molar-refractivity contribution >= 4 is 42.9 Å². The van der Waals surface area contributed by atoms with Crippen molar-refractivity contribution in [2.45, 2.75) is 61.9 Å². The summed E-state index contributed by atoms with van der Waals surface area (Å²) < 4.78 is 84.3. The Morgan fingerprint density at radius 3 is 1.93 bits per heavy atom. The van der Waals surface area contributed by atoms with Crippen LogP contribution in [0.25, 0.3) is 33.5 Å². The van der Waals surface area contributed by atoms with Crippen LogP contribution in [0.15, 0.2) is 113 Å². The second-order valence-corrected chi connectivity index (χ2v) is 20.3. The molecule has 67 heavy (non-hydrogen) atoms. The molecule has 5 aromatic carbocycles. The van der Waals surface area contributed by atoms with E-state index in [2.05, 4.69) is 30.7 Å². The number of anilines is 1. The van der Waals surface area contributed by atoms with Crippen LogP contribution in [0.4, 0.5) is 10.7 Å². The number of ether oxygens (including phenoxy) is 4. The van der Waals surface area contributed by atoms with Crippen LogP contribution >= 0.6 is 0 Å². The molecule has 7 rings (SSSR count). The van der Waals surface area contributed by atoms with E-state index in [0.717, 1.165) is 9.87 Å². The lowest BCUT2D eigenvalue weighted by Crippen LogP contribution is -2.39. The fourth-order valence-corrected chi connectivity index (χ4v) is 11.1. The molecule has 0 saturated carbocycles. The molecule has 0 aliphatic carbocycles. The number of aromatic amines is 1. The minimum Gasteiger partial charge on any atom is -0.497 e. The number of methoxy groups -OCH3 is 3. The maximum atomic E-state index is 16.0. The number of rotatable bonds is 18. The molecule has 0 aliphatic rings. The fraction of sp³-hybridized carbons (Fsp3) is 0.283. The first-order chi connectivity index (χ1) is 31.9. The Morgan fingerprint density at radius 1 is 0.806 bits per heavy atom. The number of imidazole rings is 1. The van der Waals surface area contributed by atoms with Crippen molar-refractivity contribution in [3.05, 3.63) is 120 Å². The summed E-state index contributed by atoms with van der Waals surface area (Å²) in [5.41, 5.74) is 8.30. The van der Waals surface area contributed by atoms with Crippen LogP contribution in [0, 0.1) is 0 Å². The van der Waals surface area contributed by atoms with Gasteiger partial charge in [0.15, 0.2) is 15.8 Å². The van der Waals surface area contributed by atoms with E-state index in [4.69, 9.17) is 24.7 Å². The number of sulfonamides is 1. The van der Waals surface area contributed by atoms with Gasteiger partial charge in [0.25, 0.3) is 0 Å². The second kappa shape index (κ2) is 19.8. The number of aliphatic hydroxyl groups is 1. The van der Waals surface area contributed by atoms with Gasteiger partial charge in [-0.3, -0.25) is 0 Å². The van der Waals surface area contributed by atoms with E-state index >= 15 is 8.42 Å². The molecular formula is C46H51N9O10S2. The quantitative estimate of drug-likeness (QED) is 0.0818. The van der Waals surface area contributed by atoms with Crippen LogP contribution in [-0.2, 0) is 44.2 Å². The summed E-state index contributed by atoms with van der Waals surface area (Å²) in [6.07, 6.45) is -2.60. The summed E-state index contributed by atoms with van der Waals surface area (Å²) in [6.45, 7) is 4.02. The Labute approximate surface area is 387 Å². The second-order valence-electron chi connectivity index (χ2n) is 16.4. The van der Waals surface area contributed by atoms with Crippen LogP contribution in [0.2, 0.25) is 0 Å². The monoisotopic (exact) mass is 953 g/mol. The maximum absolute atomic E-state index is 16.0. The van der Waals surface area contributed by atoms with Gasteiger partial charge in [-0.1, -0.05) is 54.6 Å². The molecule has 21 heteroatoms. The van der Waals surface area contributed by atoms with Crippen molar-refractivity contribution in [1.82, 2.24) is 39.8 Å². The third-order valence-corrected chi connectivity index (χ3v) is 14.2. The molecule has 1 atom stereocenters. The SMILES string of the molecule is COc1ccc(CN(Cc2ccc(OC)cc2)S(=O)(=O)c2c(S(=O)(=O)CC(O)CNC(=O)OC(C)(C)C)ccc(-c3cccc4[nH]c(N)nc34)c2-c2nnn(Cc3ccc(OC)cc3)n2)cc1. The summed E-state index contributed by atoms with van der Waals surface area (Å²) in [6, 6.07) is 28.4. The van der Waals surface area contributed by atoms with Gasteiger partial charge in [0.05, 0.1) is 61.2 Å². The number of nitrogens with two attached hydrogens (primary N) is 1. The number of hydrogen-bond acceptors (Lipinski definition) is 15. The average Bonchev–Trinajstić information content (AvgIpc) is 3.93. The molecule has 1 amide bonds. The Kier molecular flexibility index (Phi) is 14.2. The summed E-state index contributed by atoms with van der Waals surface area (Å²) in [5, 5.41) is 26.9. The molecule has 19 nitrogen and oxygen atoms in total. The molecule has 2 heterocycles. The van der Waals surface area contributed by atoms with Gasteiger partial charge in [-0.15, -0.1) is 10.2 Å². The molecule has 0 spiro atoms. The summed E-state index contributed by atoms with van der Waals surface area (Å²) in [4.78, 5) is 19.9. The number of carbonyl (C=O) groups is 1. The Balaban J connectivity index is 1.47. The average molecular weight is 954 g/mol. The minimum absolute atomic E-state index is 0.0822. The molecule has 0 radical (unpaired) electrons. The number of benzene rings is 5. The molecule has 1 unspecified atom stereocenters. The van der Waals surface area contributed by atoms with E-state index in [9.17, 15) is 18.3 Å². The molecule has 7 aromatic rings. The van der Waals surface area contributed by atoms with Crippen molar-refractivity contribution in [1.29, 1.82) is 0 Å². The zero-order valence-electron chi connectivity index (χ0n) is 37.6. The van der Waals surface area contributed by atoms with Gasteiger partial charge in [-0.25, -0.2) is 26.6 Å². The number of para-hydroxylation sites is 1. The van der Waals surface area contributed by atoms with Gasteiger partial charge in [0.1, 0.15) is 27.7 Å². The Morgan fingerprint density at radius 2 is 1.37 bits per heavy atom. The highest BCUT2D eigenvalue weighted by Crippen LogP contribution is 2.43. The minimum atomic E-state index is -5.00. The van der Waals surface area contributed by atoms with Crippen molar-refractivity contribution < 1.29 is 45.7 Å². The number of aromatic nitrogens is 6. The third kappa shape index (κ3) is 11.3. The van der Waals surface area contributed by atoms with Crippen LogP contribution in [-0.4, -0.2) is 108 Å². The molecule has 0 aliphatic heterocycles. The maximum Gasteiger partial charge on any atom is 0.407 e. The molecule has 0 fully saturated rings. The van der Waals surface area contributed by atoms with E-state index in [0.29, 0.717) is 45.0 Å². The number of nitrogens with one attached hydrogen (secondary N) is 2. The smallest absolute Gasteiger partial charge is 0.407 e. The number of sulfone groups is 1. The van der Waals surface area contributed by atoms with Gasteiger partial charge >= 0.3 is 6.09 Å². The van der Waals surface area contributed by atoms with Gasteiger partial charge in [0.2, 0.25) is 15.8 Å². The van der Waals surface area contributed by atoms with E-state index in [1.54, 1.807) is 119 Å². The highest BCUT2D eigenvalue weighted by Gasteiger charge is 2.39. The lowest BCUT2D eigenvalue weighted by Gasteiger charge is -2.26. The number of amides is 1. The van der Waals surface area contributed by atoms with Crippen molar-refractivity contribution in [2.75, 3.05) is 39.4 Å². The fourth-order valence-electron chi connectivity index (χ4n) is 7.23. The largest absolute Gasteiger partial charge is 0.497 e. The molecule has 2 aromatic heterocycles. The molecule has 0 bridgehead atoms. The predicted octanol–water partition coefficient (Wildman–Crippen LogP) is 5.59. The zero-order chi connectivity index (χ0) is 48.1. The van der Waals surface area contributed by atoms with E-state index < -0.39 is 59.7 Å². The van der Waals surface area contributed by atoms with Crippen LogP contribution in [0.5, 0.6) is 17.2 Å². The first-order valence-corrected chi connectivity index (χ1v) is 23.9. The standard InChI is InChI=1S/C46H51N9O10S2/c1-46(2,3)65-45(57)48-24-32(56)28-66(58,59)39-23-22-36(37-8-7-9-38-41(37)50-44(47)49-38)40(43-51-53-55(52-43)27-31-14-20-35(64-6)21-15-31)42(39)67(60,61)54(25-29-10-16-33(62-4)17-11-29)26-30-12-18-34(63-5)19-13-30/h7-23,32,56H,24-28H2,1-6H3,(H,48,57)(H3,47,49,50). The van der Waals surface area contributed by atoms with Crippen LogP contribution in [0.3, 0.4) is 0 Å². The number of aliphatic hydroxyl groups excluding tert-OH is 1. The number of nitrogen functional groups attached to an aromatic ring is 1. The summed E-state index contributed by atoms with van der Waals surface area (Å²) >= 11 is 0. The van der Waals surface area contributed by atoms with Crippen LogP contribution < -0.4 is 25.3 Å². The Bertz CT molecular complexity index is 3030.